The first-order chi connectivity index (χ1) is 12.1. The van der Waals surface area contributed by atoms with Gasteiger partial charge >= 0.3 is 0 Å². The van der Waals surface area contributed by atoms with Gasteiger partial charge in [-0.1, -0.05) is 46.3 Å². The maximum Gasteiger partial charge on any atom is 0.186 e. The number of halogens is 2. The molecule has 25 heavy (non-hydrogen) atoms. The molecule has 0 aliphatic carbocycles. The van der Waals surface area contributed by atoms with Crippen LogP contribution in [0, 0.1) is 5.82 Å². The Balaban J connectivity index is 1.75. The van der Waals surface area contributed by atoms with Gasteiger partial charge in [0.1, 0.15) is 11.6 Å². The van der Waals surface area contributed by atoms with E-state index in [1.807, 2.05) is 30.3 Å². The summed E-state index contributed by atoms with van der Waals surface area (Å²) < 4.78 is 16.0. The molecule has 2 aromatic carbocycles. The lowest BCUT2D eigenvalue weighted by atomic mass is 10.2. The summed E-state index contributed by atoms with van der Waals surface area (Å²) in [5, 5.41) is 5.14. The normalized spacial score (nSPS) is 11.1. The molecule has 2 N–H and O–H groups in total. The third kappa shape index (κ3) is 3.10. The number of nitrogens with two attached hydrogens (primary N) is 1. The molecule has 5 nitrogen and oxygen atoms in total. The molecule has 0 bridgehead atoms. The number of nitrogen functional groups attached to an aromatic ring is 1. The fraction of sp³-hybridized carbons (Fsp3) is 0.0556. The first-order valence-electron chi connectivity index (χ1n) is 7.60. The number of hydrogen-bond donors (Lipinski definition) is 1. The summed E-state index contributed by atoms with van der Waals surface area (Å²) in [4.78, 5) is 8.87. The SMILES string of the molecule is Nc1nc(-c2ccccc2)nc2nn(Cc3cc(F)ccc3Br)cc12. The minimum atomic E-state index is -0.291. The Hall–Kier alpha value is -2.80. The van der Waals surface area contributed by atoms with Crippen LogP contribution in [0.5, 0.6) is 0 Å². The molecular formula is C18H13BrFN5. The van der Waals surface area contributed by atoms with Gasteiger partial charge in [-0.25, -0.2) is 14.4 Å². The van der Waals surface area contributed by atoms with Gasteiger partial charge in [-0.15, -0.1) is 0 Å². The number of fused-ring (bicyclic) bond motifs is 1. The first kappa shape index (κ1) is 15.7. The van der Waals surface area contributed by atoms with E-state index in [1.165, 1.54) is 12.1 Å². The molecule has 0 saturated carbocycles. The van der Waals surface area contributed by atoms with Crippen LogP contribution >= 0.6 is 15.9 Å². The third-order valence-electron chi connectivity index (χ3n) is 3.83. The summed E-state index contributed by atoms with van der Waals surface area (Å²) in [6.07, 6.45) is 1.77. The molecule has 124 valence electrons. The number of anilines is 1. The molecule has 4 aromatic rings. The van der Waals surface area contributed by atoms with Crippen LogP contribution in [0.15, 0.2) is 59.2 Å². The molecular weight excluding hydrogens is 385 g/mol. The summed E-state index contributed by atoms with van der Waals surface area (Å²) in [7, 11) is 0. The van der Waals surface area contributed by atoms with Crippen LogP contribution in [-0.2, 0) is 6.54 Å². The molecule has 4 rings (SSSR count). The Morgan fingerprint density at radius 1 is 1.08 bits per heavy atom. The van der Waals surface area contributed by atoms with Crippen molar-refractivity contribution in [2.75, 3.05) is 5.73 Å². The van der Waals surface area contributed by atoms with Crippen molar-refractivity contribution in [1.29, 1.82) is 0 Å². The van der Waals surface area contributed by atoms with E-state index in [4.69, 9.17) is 5.73 Å². The molecule has 7 heteroatoms. The third-order valence-corrected chi connectivity index (χ3v) is 4.60. The topological polar surface area (TPSA) is 69.6 Å². The standard InChI is InChI=1S/C18H13BrFN5/c19-15-7-6-13(20)8-12(15)9-25-10-14-16(21)22-17(23-18(14)24-25)11-4-2-1-3-5-11/h1-8,10H,9H2,(H2,21,22,23,24). The van der Waals surface area contributed by atoms with Crippen LogP contribution in [0.4, 0.5) is 10.2 Å². The van der Waals surface area contributed by atoms with Crippen molar-refractivity contribution in [2.24, 2.45) is 0 Å². The second-order valence-corrected chi connectivity index (χ2v) is 6.45. The predicted octanol–water partition coefficient (Wildman–Crippen LogP) is 4.03. The lowest BCUT2D eigenvalue weighted by Crippen LogP contribution is -2.01. The van der Waals surface area contributed by atoms with Gasteiger partial charge in [-0.3, -0.25) is 4.68 Å². The quantitative estimate of drug-likeness (QED) is 0.566. The molecule has 0 aliphatic rings. The number of nitrogens with zero attached hydrogens (tertiary/aromatic N) is 4. The lowest BCUT2D eigenvalue weighted by molar-refractivity contribution is 0.619. The minimum Gasteiger partial charge on any atom is -0.383 e. The summed E-state index contributed by atoms with van der Waals surface area (Å²) in [6, 6.07) is 14.2. The highest BCUT2D eigenvalue weighted by molar-refractivity contribution is 9.10. The van der Waals surface area contributed by atoms with Crippen molar-refractivity contribution in [3.8, 4) is 11.4 Å². The van der Waals surface area contributed by atoms with Crippen molar-refractivity contribution in [2.45, 2.75) is 6.54 Å². The van der Waals surface area contributed by atoms with Crippen molar-refractivity contribution in [3.63, 3.8) is 0 Å². The minimum absolute atomic E-state index is 0.291. The van der Waals surface area contributed by atoms with Gasteiger partial charge in [0.05, 0.1) is 11.9 Å². The molecule has 0 saturated heterocycles. The Kier molecular flexibility index (Phi) is 3.93. The zero-order valence-electron chi connectivity index (χ0n) is 13.0. The van der Waals surface area contributed by atoms with E-state index in [1.54, 1.807) is 16.9 Å². The van der Waals surface area contributed by atoms with Gasteiger partial charge in [0.15, 0.2) is 11.5 Å². The highest BCUT2D eigenvalue weighted by Gasteiger charge is 2.12. The average Bonchev–Trinajstić information content (AvgIpc) is 3.02. The zero-order valence-corrected chi connectivity index (χ0v) is 14.6. The Morgan fingerprint density at radius 2 is 1.88 bits per heavy atom. The summed E-state index contributed by atoms with van der Waals surface area (Å²) in [5.74, 6) is 0.608. The monoisotopic (exact) mass is 397 g/mol. The van der Waals surface area contributed by atoms with E-state index < -0.39 is 0 Å². The van der Waals surface area contributed by atoms with Gasteiger partial charge in [-0.05, 0) is 23.8 Å². The van der Waals surface area contributed by atoms with E-state index in [9.17, 15) is 4.39 Å². The number of hydrogen-bond acceptors (Lipinski definition) is 4. The van der Waals surface area contributed by atoms with Crippen LogP contribution in [-0.4, -0.2) is 19.7 Å². The molecule has 2 heterocycles. The molecule has 0 amide bonds. The zero-order chi connectivity index (χ0) is 17.4. The smallest absolute Gasteiger partial charge is 0.186 e. The van der Waals surface area contributed by atoms with Gasteiger partial charge < -0.3 is 5.73 Å². The molecule has 0 atom stereocenters. The summed E-state index contributed by atoms with van der Waals surface area (Å²) >= 11 is 3.43. The highest BCUT2D eigenvalue weighted by Crippen LogP contribution is 2.24. The number of benzene rings is 2. The van der Waals surface area contributed by atoms with Crippen LogP contribution in [0.3, 0.4) is 0 Å². The van der Waals surface area contributed by atoms with E-state index in [0.29, 0.717) is 29.2 Å². The van der Waals surface area contributed by atoms with Crippen LogP contribution in [0.25, 0.3) is 22.4 Å². The van der Waals surface area contributed by atoms with E-state index >= 15 is 0 Å². The van der Waals surface area contributed by atoms with Crippen molar-refractivity contribution in [1.82, 2.24) is 19.7 Å². The molecule has 0 radical (unpaired) electrons. The molecule has 0 unspecified atom stereocenters. The van der Waals surface area contributed by atoms with Crippen LogP contribution in [0.1, 0.15) is 5.56 Å². The summed E-state index contributed by atoms with van der Waals surface area (Å²) in [5.41, 5.74) is 8.25. The molecule has 0 spiro atoms. The van der Waals surface area contributed by atoms with Gasteiger partial charge in [0, 0.05) is 16.2 Å². The Morgan fingerprint density at radius 3 is 2.68 bits per heavy atom. The number of aromatic nitrogens is 4. The first-order valence-corrected chi connectivity index (χ1v) is 8.39. The highest BCUT2D eigenvalue weighted by atomic mass is 79.9. The van der Waals surface area contributed by atoms with Gasteiger partial charge in [0.2, 0.25) is 0 Å². The van der Waals surface area contributed by atoms with Gasteiger partial charge in [0.25, 0.3) is 0 Å². The molecule has 0 fully saturated rings. The van der Waals surface area contributed by atoms with E-state index in [2.05, 4.69) is 31.0 Å². The Bertz CT molecular complexity index is 1060. The molecule has 0 aliphatic heterocycles. The maximum absolute atomic E-state index is 13.5. The fourth-order valence-electron chi connectivity index (χ4n) is 2.61. The second-order valence-electron chi connectivity index (χ2n) is 5.60. The summed E-state index contributed by atoms with van der Waals surface area (Å²) in [6.45, 7) is 0.398. The molecule has 2 aromatic heterocycles. The van der Waals surface area contributed by atoms with Crippen molar-refractivity contribution in [3.05, 3.63) is 70.6 Å². The largest absolute Gasteiger partial charge is 0.383 e. The van der Waals surface area contributed by atoms with Gasteiger partial charge in [-0.2, -0.15) is 5.10 Å². The fourth-order valence-corrected chi connectivity index (χ4v) is 2.98. The lowest BCUT2D eigenvalue weighted by Gasteiger charge is -2.04. The van der Waals surface area contributed by atoms with E-state index in [0.717, 1.165) is 15.6 Å². The van der Waals surface area contributed by atoms with E-state index in [-0.39, 0.29) is 5.82 Å². The van der Waals surface area contributed by atoms with Crippen LogP contribution in [0.2, 0.25) is 0 Å². The number of rotatable bonds is 3. The van der Waals surface area contributed by atoms with Crippen molar-refractivity contribution < 1.29 is 4.39 Å². The van der Waals surface area contributed by atoms with Crippen LogP contribution < -0.4 is 5.73 Å². The average molecular weight is 398 g/mol. The maximum atomic E-state index is 13.5. The predicted molar refractivity (Wildman–Crippen MR) is 98.4 cm³/mol. The second kappa shape index (κ2) is 6.25. The Labute approximate surface area is 151 Å². The van der Waals surface area contributed by atoms with Crippen molar-refractivity contribution >= 4 is 32.8 Å².